The van der Waals surface area contributed by atoms with Crippen LogP contribution in [0, 0.1) is 12.8 Å². The molecule has 0 atom stereocenters. The monoisotopic (exact) mass is 441 g/mol. The van der Waals surface area contributed by atoms with Gasteiger partial charge in [0.05, 0.1) is 16.4 Å². The Bertz CT molecular complexity index is 1010. The minimum Gasteiger partial charge on any atom is -0.370 e. The number of aryl methyl sites for hydroxylation is 1. The predicted octanol–water partition coefficient (Wildman–Crippen LogP) is 4.14. The van der Waals surface area contributed by atoms with Crippen molar-refractivity contribution in [2.75, 3.05) is 25.5 Å². The van der Waals surface area contributed by atoms with E-state index in [2.05, 4.69) is 45.4 Å². The molecule has 0 saturated heterocycles. The third kappa shape index (κ3) is 3.90. The molecule has 4 rings (SSSR count). The number of carbonyl (C=O) groups is 1. The van der Waals surface area contributed by atoms with Crippen molar-refractivity contribution < 1.29 is 4.79 Å². The first-order valence-corrected chi connectivity index (χ1v) is 10.4. The van der Waals surface area contributed by atoms with E-state index in [0.717, 1.165) is 59.5 Å². The summed E-state index contributed by atoms with van der Waals surface area (Å²) in [6.07, 6.45) is 4.73. The summed E-state index contributed by atoms with van der Waals surface area (Å²) in [5.41, 5.74) is 3.98. The van der Waals surface area contributed by atoms with Gasteiger partial charge in [-0.05, 0) is 47.7 Å². The van der Waals surface area contributed by atoms with E-state index >= 15 is 0 Å². The maximum atomic E-state index is 12.1. The lowest BCUT2D eigenvalue weighted by molar-refractivity contribution is -0.131. The Kier molecular flexibility index (Phi) is 5.35. The van der Waals surface area contributed by atoms with E-state index in [4.69, 9.17) is 4.98 Å². The number of aromatic nitrogens is 3. The number of hydrogen-bond acceptors (Lipinski definition) is 4. The fourth-order valence-corrected chi connectivity index (χ4v) is 3.69. The molecule has 3 aromatic rings. The molecular formula is C21H24BrN5O. The lowest BCUT2D eigenvalue weighted by Gasteiger charge is -2.17. The molecule has 2 aromatic heterocycles. The van der Waals surface area contributed by atoms with Crippen LogP contribution in [0.15, 0.2) is 41.0 Å². The molecule has 1 saturated carbocycles. The van der Waals surface area contributed by atoms with Crippen molar-refractivity contribution in [3.05, 3.63) is 46.6 Å². The molecule has 1 aliphatic carbocycles. The summed E-state index contributed by atoms with van der Waals surface area (Å²) in [5, 5.41) is 7.90. The van der Waals surface area contributed by atoms with Gasteiger partial charge in [0.15, 0.2) is 5.65 Å². The van der Waals surface area contributed by atoms with Gasteiger partial charge in [-0.25, -0.2) is 4.98 Å². The molecule has 1 fully saturated rings. The van der Waals surface area contributed by atoms with Crippen molar-refractivity contribution in [1.82, 2.24) is 19.5 Å². The maximum absolute atomic E-state index is 12.1. The number of anilines is 1. The van der Waals surface area contributed by atoms with E-state index in [0.29, 0.717) is 0 Å². The zero-order chi connectivity index (χ0) is 19.7. The topological polar surface area (TPSA) is 62.5 Å². The summed E-state index contributed by atoms with van der Waals surface area (Å²) < 4.78 is 2.67. The molecule has 0 aliphatic heterocycles. The van der Waals surface area contributed by atoms with E-state index in [-0.39, 0.29) is 11.8 Å². The lowest BCUT2D eigenvalue weighted by atomic mass is 10.1. The molecule has 7 heteroatoms. The first-order chi connectivity index (χ1) is 13.5. The van der Waals surface area contributed by atoms with Gasteiger partial charge in [0.1, 0.15) is 5.82 Å². The molecule has 1 aromatic carbocycles. The summed E-state index contributed by atoms with van der Waals surface area (Å²) >= 11 is 3.54. The largest absolute Gasteiger partial charge is 0.370 e. The summed E-state index contributed by atoms with van der Waals surface area (Å²) in [6.45, 7) is 3.60. The van der Waals surface area contributed by atoms with Gasteiger partial charge in [0, 0.05) is 37.7 Å². The molecule has 146 valence electrons. The first-order valence-electron chi connectivity index (χ1n) is 9.63. The molecule has 0 spiro atoms. The molecule has 0 bridgehead atoms. The van der Waals surface area contributed by atoms with Crippen molar-refractivity contribution >= 4 is 33.3 Å². The standard InChI is InChI=1S/C21H24BrN5O/c1-14-6-3-4-7-16(14)18-12-19(27-20(25-18)17(22)13-24-27)23-10-5-11-26(2)21(28)15-8-9-15/h3-4,6-7,12-13,15,23H,5,8-11H2,1-2H3. The van der Waals surface area contributed by atoms with E-state index in [9.17, 15) is 4.79 Å². The highest BCUT2D eigenvalue weighted by molar-refractivity contribution is 9.10. The third-order valence-electron chi connectivity index (χ3n) is 5.13. The molecule has 28 heavy (non-hydrogen) atoms. The fraction of sp³-hybridized carbons (Fsp3) is 0.381. The summed E-state index contributed by atoms with van der Waals surface area (Å²) in [7, 11) is 1.90. The number of benzene rings is 1. The molecule has 2 heterocycles. The number of hydrogen-bond donors (Lipinski definition) is 1. The van der Waals surface area contributed by atoms with Gasteiger partial charge < -0.3 is 10.2 Å². The molecule has 1 aliphatic rings. The van der Waals surface area contributed by atoms with Crippen molar-refractivity contribution in [1.29, 1.82) is 0 Å². The zero-order valence-electron chi connectivity index (χ0n) is 16.2. The van der Waals surface area contributed by atoms with Gasteiger partial charge >= 0.3 is 0 Å². The second-order valence-corrected chi connectivity index (χ2v) is 8.24. The van der Waals surface area contributed by atoms with Gasteiger partial charge in [0.25, 0.3) is 0 Å². The van der Waals surface area contributed by atoms with Crippen molar-refractivity contribution in [3.63, 3.8) is 0 Å². The highest BCUT2D eigenvalue weighted by Gasteiger charge is 2.31. The number of amides is 1. The van der Waals surface area contributed by atoms with Gasteiger partial charge in [0.2, 0.25) is 5.91 Å². The van der Waals surface area contributed by atoms with Crippen molar-refractivity contribution in [2.45, 2.75) is 26.2 Å². The van der Waals surface area contributed by atoms with E-state index < -0.39 is 0 Å². The Labute approximate surface area is 173 Å². The van der Waals surface area contributed by atoms with E-state index in [1.165, 1.54) is 5.56 Å². The normalized spacial score (nSPS) is 13.7. The van der Waals surface area contributed by atoms with Crippen LogP contribution in [0.4, 0.5) is 5.82 Å². The van der Waals surface area contributed by atoms with Gasteiger partial charge in [-0.1, -0.05) is 24.3 Å². The predicted molar refractivity (Wildman–Crippen MR) is 114 cm³/mol. The van der Waals surface area contributed by atoms with Crippen LogP contribution in [0.5, 0.6) is 0 Å². The van der Waals surface area contributed by atoms with Crippen LogP contribution in [0.25, 0.3) is 16.9 Å². The van der Waals surface area contributed by atoms with E-state index in [1.807, 2.05) is 34.7 Å². The summed E-state index contributed by atoms with van der Waals surface area (Å²) in [4.78, 5) is 18.7. The Balaban J connectivity index is 1.51. The van der Waals surface area contributed by atoms with Crippen LogP contribution < -0.4 is 5.32 Å². The second-order valence-electron chi connectivity index (χ2n) is 7.38. The quantitative estimate of drug-likeness (QED) is 0.559. The third-order valence-corrected chi connectivity index (χ3v) is 5.69. The van der Waals surface area contributed by atoms with Crippen LogP contribution in [-0.4, -0.2) is 45.5 Å². The highest BCUT2D eigenvalue weighted by Crippen LogP contribution is 2.30. The van der Waals surface area contributed by atoms with E-state index in [1.54, 1.807) is 6.20 Å². The number of halogens is 1. The Morgan fingerprint density at radius 3 is 2.89 bits per heavy atom. The SMILES string of the molecule is Cc1ccccc1-c1cc(NCCCN(C)C(=O)C2CC2)n2ncc(Br)c2n1. The van der Waals surface area contributed by atoms with Crippen molar-refractivity contribution in [3.8, 4) is 11.3 Å². The fourth-order valence-electron chi connectivity index (χ4n) is 3.35. The molecule has 0 radical (unpaired) electrons. The Hall–Kier alpha value is -2.41. The van der Waals surface area contributed by atoms with Crippen LogP contribution in [0.3, 0.4) is 0 Å². The number of rotatable bonds is 7. The number of nitrogens with one attached hydrogen (secondary N) is 1. The van der Waals surface area contributed by atoms with Crippen molar-refractivity contribution in [2.24, 2.45) is 5.92 Å². The average molecular weight is 442 g/mol. The average Bonchev–Trinajstić information content (AvgIpc) is 3.48. The molecule has 0 unspecified atom stereocenters. The Morgan fingerprint density at radius 1 is 1.36 bits per heavy atom. The van der Waals surface area contributed by atoms with Gasteiger partial charge in [-0.2, -0.15) is 9.61 Å². The van der Waals surface area contributed by atoms with Crippen LogP contribution >= 0.6 is 15.9 Å². The van der Waals surface area contributed by atoms with Gasteiger partial charge in [-0.15, -0.1) is 0 Å². The minimum absolute atomic E-state index is 0.274. The maximum Gasteiger partial charge on any atom is 0.225 e. The van der Waals surface area contributed by atoms with Gasteiger partial charge in [-0.3, -0.25) is 4.79 Å². The lowest BCUT2D eigenvalue weighted by Crippen LogP contribution is -2.30. The van der Waals surface area contributed by atoms with Crippen LogP contribution in [0.2, 0.25) is 0 Å². The molecule has 1 N–H and O–H groups in total. The van der Waals surface area contributed by atoms with Crippen LogP contribution in [0.1, 0.15) is 24.8 Å². The van der Waals surface area contributed by atoms with Crippen LogP contribution in [-0.2, 0) is 4.79 Å². The number of fused-ring (bicyclic) bond motifs is 1. The molecular weight excluding hydrogens is 418 g/mol. The summed E-state index contributed by atoms with van der Waals surface area (Å²) in [5.74, 6) is 1.45. The smallest absolute Gasteiger partial charge is 0.225 e. The first kappa shape index (κ1) is 18.9. The minimum atomic E-state index is 0.274. The molecule has 6 nitrogen and oxygen atoms in total. The number of nitrogens with zero attached hydrogens (tertiary/aromatic N) is 4. The Morgan fingerprint density at radius 2 is 2.14 bits per heavy atom. The highest BCUT2D eigenvalue weighted by atomic mass is 79.9. The zero-order valence-corrected chi connectivity index (χ0v) is 17.7. The molecule has 1 amide bonds. The summed E-state index contributed by atoms with van der Waals surface area (Å²) in [6, 6.07) is 10.3. The number of carbonyl (C=O) groups excluding carboxylic acids is 1. The second kappa shape index (κ2) is 7.91.